The van der Waals surface area contributed by atoms with E-state index in [1.807, 2.05) is 0 Å². The Morgan fingerprint density at radius 3 is 2.58 bits per heavy atom. The highest BCUT2D eigenvalue weighted by Gasteiger charge is 1.99. The number of hydrogen-bond acceptors (Lipinski definition) is 1. The second-order valence-electron chi connectivity index (χ2n) is 2.91. The summed E-state index contributed by atoms with van der Waals surface area (Å²) in [5.41, 5.74) is 0. The molecule has 0 radical (unpaired) electrons. The van der Waals surface area contributed by atoms with Crippen LogP contribution in [0.25, 0.3) is 0 Å². The first-order valence-corrected chi connectivity index (χ1v) is 5.86. The SMILES string of the molecule is C/C=C/CN(CCBr)CCCC. The molecule has 0 fully saturated rings. The molecule has 0 rings (SSSR count). The summed E-state index contributed by atoms with van der Waals surface area (Å²) in [5, 5.41) is 1.08. The van der Waals surface area contributed by atoms with E-state index < -0.39 is 0 Å². The summed E-state index contributed by atoms with van der Waals surface area (Å²) in [4.78, 5) is 2.47. The Labute approximate surface area is 85.0 Å². The largest absolute Gasteiger partial charge is 0.299 e. The van der Waals surface area contributed by atoms with Gasteiger partial charge in [0, 0.05) is 18.4 Å². The lowest BCUT2D eigenvalue weighted by Crippen LogP contribution is -2.26. The molecule has 0 aromatic carbocycles. The number of allylic oxidation sites excluding steroid dienone is 1. The van der Waals surface area contributed by atoms with Crippen LogP contribution in [0.4, 0.5) is 0 Å². The molecule has 0 aliphatic rings. The maximum atomic E-state index is 3.47. The highest BCUT2D eigenvalue weighted by atomic mass is 79.9. The fourth-order valence-electron chi connectivity index (χ4n) is 1.05. The predicted molar refractivity (Wildman–Crippen MR) is 60.0 cm³/mol. The lowest BCUT2D eigenvalue weighted by atomic mass is 10.3. The van der Waals surface area contributed by atoms with E-state index in [0.29, 0.717) is 0 Å². The minimum atomic E-state index is 1.08. The highest BCUT2D eigenvalue weighted by Crippen LogP contribution is 1.96. The summed E-state index contributed by atoms with van der Waals surface area (Å²) < 4.78 is 0. The zero-order chi connectivity index (χ0) is 9.23. The van der Waals surface area contributed by atoms with Crippen molar-refractivity contribution in [3.63, 3.8) is 0 Å². The van der Waals surface area contributed by atoms with E-state index in [1.54, 1.807) is 0 Å². The lowest BCUT2D eigenvalue weighted by molar-refractivity contribution is 0.316. The van der Waals surface area contributed by atoms with Crippen molar-refractivity contribution < 1.29 is 0 Å². The fraction of sp³-hybridized carbons (Fsp3) is 0.800. The van der Waals surface area contributed by atoms with Crippen LogP contribution in [0, 0.1) is 0 Å². The summed E-state index contributed by atoms with van der Waals surface area (Å²) in [6.45, 7) is 7.80. The molecule has 1 nitrogen and oxygen atoms in total. The smallest absolute Gasteiger partial charge is 0.0163 e. The van der Waals surface area contributed by atoms with Crippen LogP contribution in [0.5, 0.6) is 0 Å². The lowest BCUT2D eigenvalue weighted by Gasteiger charge is -2.18. The molecule has 0 N–H and O–H groups in total. The van der Waals surface area contributed by atoms with Gasteiger partial charge in [-0.15, -0.1) is 0 Å². The van der Waals surface area contributed by atoms with Crippen molar-refractivity contribution in [2.75, 3.05) is 25.0 Å². The van der Waals surface area contributed by atoms with Crippen LogP contribution < -0.4 is 0 Å². The molecule has 0 saturated carbocycles. The second-order valence-corrected chi connectivity index (χ2v) is 3.71. The molecule has 0 saturated heterocycles. The third-order valence-electron chi connectivity index (χ3n) is 1.83. The van der Waals surface area contributed by atoms with Crippen LogP contribution >= 0.6 is 15.9 Å². The van der Waals surface area contributed by atoms with Crippen LogP contribution in [0.15, 0.2) is 12.2 Å². The minimum Gasteiger partial charge on any atom is -0.299 e. The van der Waals surface area contributed by atoms with Crippen LogP contribution in [-0.2, 0) is 0 Å². The number of nitrogens with zero attached hydrogens (tertiary/aromatic N) is 1. The zero-order valence-electron chi connectivity index (χ0n) is 8.22. The van der Waals surface area contributed by atoms with Gasteiger partial charge < -0.3 is 0 Å². The highest BCUT2D eigenvalue weighted by molar-refractivity contribution is 9.09. The summed E-state index contributed by atoms with van der Waals surface area (Å²) in [7, 11) is 0. The standard InChI is InChI=1S/C10H20BrN/c1-3-5-8-12(10-7-11)9-6-4-2/h3,5H,4,6-10H2,1-2H3/b5-3+. The maximum absolute atomic E-state index is 3.47. The molecule has 72 valence electrons. The fourth-order valence-corrected chi connectivity index (χ4v) is 1.55. The zero-order valence-corrected chi connectivity index (χ0v) is 9.81. The van der Waals surface area contributed by atoms with Gasteiger partial charge in [0.25, 0.3) is 0 Å². The first kappa shape index (κ1) is 12.2. The molecule has 0 amide bonds. The quantitative estimate of drug-likeness (QED) is 0.483. The molecule has 0 bridgehead atoms. The average molecular weight is 234 g/mol. The second kappa shape index (κ2) is 9.27. The Balaban J connectivity index is 3.53. The molecule has 0 unspecified atom stereocenters. The topological polar surface area (TPSA) is 3.24 Å². The van der Waals surface area contributed by atoms with E-state index in [9.17, 15) is 0 Å². The van der Waals surface area contributed by atoms with E-state index in [4.69, 9.17) is 0 Å². The normalized spacial score (nSPS) is 11.7. The minimum absolute atomic E-state index is 1.08. The molecule has 0 aliphatic carbocycles. The molecule has 0 heterocycles. The molecule has 0 atom stereocenters. The third-order valence-corrected chi connectivity index (χ3v) is 2.18. The van der Waals surface area contributed by atoms with E-state index in [2.05, 4.69) is 46.8 Å². The van der Waals surface area contributed by atoms with Crippen LogP contribution in [-0.4, -0.2) is 29.9 Å². The van der Waals surface area contributed by atoms with Crippen LogP contribution in [0.1, 0.15) is 26.7 Å². The first-order chi connectivity index (χ1) is 5.85. The van der Waals surface area contributed by atoms with Gasteiger partial charge >= 0.3 is 0 Å². The summed E-state index contributed by atoms with van der Waals surface area (Å²) in [6.07, 6.45) is 6.94. The molecule has 0 aromatic rings. The molecule has 12 heavy (non-hydrogen) atoms. The number of hydrogen-bond donors (Lipinski definition) is 0. The van der Waals surface area contributed by atoms with Gasteiger partial charge in [0.1, 0.15) is 0 Å². The number of halogens is 1. The Morgan fingerprint density at radius 2 is 2.08 bits per heavy atom. The van der Waals surface area contributed by atoms with Gasteiger partial charge in [-0.25, -0.2) is 0 Å². The van der Waals surface area contributed by atoms with Crippen molar-refractivity contribution in [3.05, 3.63) is 12.2 Å². The molecule has 0 aromatic heterocycles. The number of alkyl halides is 1. The van der Waals surface area contributed by atoms with Crippen molar-refractivity contribution in [3.8, 4) is 0 Å². The van der Waals surface area contributed by atoms with Gasteiger partial charge in [-0.2, -0.15) is 0 Å². The molecule has 0 aliphatic heterocycles. The predicted octanol–water partition coefficient (Wildman–Crippen LogP) is 3.06. The van der Waals surface area contributed by atoms with E-state index in [1.165, 1.54) is 19.4 Å². The van der Waals surface area contributed by atoms with Gasteiger partial charge in [-0.1, -0.05) is 41.4 Å². The Hall–Kier alpha value is 0.180. The van der Waals surface area contributed by atoms with Gasteiger partial charge in [0.15, 0.2) is 0 Å². The van der Waals surface area contributed by atoms with Crippen LogP contribution in [0.2, 0.25) is 0 Å². The van der Waals surface area contributed by atoms with E-state index >= 15 is 0 Å². The van der Waals surface area contributed by atoms with E-state index in [0.717, 1.165) is 18.4 Å². The van der Waals surface area contributed by atoms with Gasteiger partial charge in [-0.05, 0) is 19.9 Å². The van der Waals surface area contributed by atoms with Crippen molar-refractivity contribution in [2.24, 2.45) is 0 Å². The van der Waals surface area contributed by atoms with Crippen molar-refractivity contribution in [1.82, 2.24) is 4.90 Å². The third kappa shape index (κ3) is 6.86. The van der Waals surface area contributed by atoms with Gasteiger partial charge in [-0.3, -0.25) is 4.90 Å². The Kier molecular flexibility index (Phi) is 9.41. The van der Waals surface area contributed by atoms with Gasteiger partial charge in [0.05, 0.1) is 0 Å². The monoisotopic (exact) mass is 233 g/mol. The summed E-state index contributed by atoms with van der Waals surface area (Å²) >= 11 is 3.47. The van der Waals surface area contributed by atoms with Crippen LogP contribution in [0.3, 0.4) is 0 Å². The Bertz CT molecular complexity index is 112. The number of rotatable bonds is 7. The summed E-state index contributed by atoms with van der Waals surface area (Å²) in [6, 6.07) is 0. The number of unbranched alkanes of at least 4 members (excludes halogenated alkanes) is 1. The molecule has 0 spiro atoms. The first-order valence-electron chi connectivity index (χ1n) is 4.74. The van der Waals surface area contributed by atoms with Crippen molar-refractivity contribution >= 4 is 15.9 Å². The van der Waals surface area contributed by atoms with Crippen molar-refractivity contribution in [1.29, 1.82) is 0 Å². The Morgan fingerprint density at radius 1 is 1.33 bits per heavy atom. The molecular weight excluding hydrogens is 214 g/mol. The molecule has 2 heteroatoms. The summed E-state index contributed by atoms with van der Waals surface area (Å²) in [5.74, 6) is 0. The van der Waals surface area contributed by atoms with Crippen molar-refractivity contribution in [2.45, 2.75) is 26.7 Å². The van der Waals surface area contributed by atoms with E-state index in [-0.39, 0.29) is 0 Å². The molecular formula is C10H20BrN. The maximum Gasteiger partial charge on any atom is 0.0163 e. The van der Waals surface area contributed by atoms with Gasteiger partial charge in [0.2, 0.25) is 0 Å². The average Bonchev–Trinajstić information content (AvgIpc) is 2.10.